The topological polar surface area (TPSA) is 77.2 Å². The van der Waals surface area contributed by atoms with Gasteiger partial charge < -0.3 is 9.84 Å². The molecule has 1 aromatic carbocycles. The smallest absolute Gasteiger partial charge is 0.313 e. The van der Waals surface area contributed by atoms with E-state index in [9.17, 15) is 4.79 Å². The Hall–Kier alpha value is -2.02. The number of carboxylic acid groups (broad SMARTS) is 1. The first-order valence-electron chi connectivity index (χ1n) is 6.13. The number of hydrogen-bond donors (Lipinski definition) is 1. The van der Waals surface area contributed by atoms with Crippen LogP contribution in [0.25, 0.3) is 0 Å². The molecule has 1 N–H and O–H groups in total. The highest BCUT2D eigenvalue weighted by Gasteiger charge is 2.28. The maximum absolute atomic E-state index is 10.6. The van der Waals surface area contributed by atoms with E-state index in [-0.39, 0.29) is 11.9 Å². The lowest BCUT2D eigenvalue weighted by molar-refractivity contribution is -0.133. The fraction of sp³-hybridized carbons (Fsp3) is 0.308. The fourth-order valence-electron chi connectivity index (χ4n) is 2.10. The standard InChI is InChI=1S/C13H13N3O3S/c1-16-13(20-7-11(17)18)14-12(15-16)10-6-8-4-2-3-5-9(8)19-10/h2-5,10H,6-7H2,1H3,(H,17,18). The molecule has 0 saturated carbocycles. The maximum Gasteiger partial charge on any atom is 0.313 e. The zero-order valence-corrected chi connectivity index (χ0v) is 11.6. The van der Waals surface area contributed by atoms with Gasteiger partial charge >= 0.3 is 5.97 Å². The summed E-state index contributed by atoms with van der Waals surface area (Å²) in [5.41, 5.74) is 1.14. The summed E-state index contributed by atoms with van der Waals surface area (Å²) in [7, 11) is 1.75. The van der Waals surface area contributed by atoms with Crippen LogP contribution < -0.4 is 4.74 Å². The van der Waals surface area contributed by atoms with Gasteiger partial charge in [-0.25, -0.2) is 9.67 Å². The van der Waals surface area contributed by atoms with Crippen LogP contribution in [0.4, 0.5) is 0 Å². The van der Waals surface area contributed by atoms with Crippen LogP contribution in [0.1, 0.15) is 17.5 Å². The van der Waals surface area contributed by atoms with Crippen molar-refractivity contribution in [3.05, 3.63) is 35.7 Å². The van der Waals surface area contributed by atoms with Gasteiger partial charge in [0, 0.05) is 13.5 Å². The molecule has 1 aliphatic rings. The summed E-state index contributed by atoms with van der Waals surface area (Å²) in [4.78, 5) is 15.0. The van der Waals surface area contributed by atoms with Gasteiger partial charge in [0.05, 0.1) is 5.75 Å². The second kappa shape index (κ2) is 5.16. The van der Waals surface area contributed by atoms with Gasteiger partial charge in [0.15, 0.2) is 17.1 Å². The number of carbonyl (C=O) groups is 1. The summed E-state index contributed by atoms with van der Waals surface area (Å²) in [6.07, 6.45) is 0.543. The number of ether oxygens (including phenoxy) is 1. The van der Waals surface area contributed by atoms with Crippen LogP contribution in [0.5, 0.6) is 5.75 Å². The molecule has 0 spiro atoms. The van der Waals surface area contributed by atoms with Crippen molar-refractivity contribution >= 4 is 17.7 Å². The number of fused-ring (bicyclic) bond motifs is 1. The minimum Gasteiger partial charge on any atom is -0.482 e. The van der Waals surface area contributed by atoms with Crippen molar-refractivity contribution in [2.75, 3.05) is 5.75 Å². The highest BCUT2D eigenvalue weighted by atomic mass is 32.2. The average Bonchev–Trinajstić information content (AvgIpc) is 2.99. The normalized spacial score (nSPS) is 16.8. The Balaban J connectivity index is 1.76. The van der Waals surface area contributed by atoms with E-state index in [1.165, 1.54) is 0 Å². The Morgan fingerprint density at radius 1 is 1.55 bits per heavy atom. The quantitative estimate of drug-likeness (QED) is 0.863. The van der Waals surface area contributed by atoms with Gasteiger partial charge in [-0.05, 0) is 11.6 Å². The van der Waals surface area contributed by atoms with E-state index in [1.807, 2.05) is 24.3 Å². The Labute approximate surface area is 119 Å². The van der Waals surface area contributed by atoms with E-state index in [0.717, 1.165) is 29.5 Å². The molecule has 6 nitrogen and oxygen atoms in total. The molecule has 2 heterocycles. The van der Waals surface area contributed by atoms with E-state index in [0.29, 0.717) is 11.0 Å². The number of nitrogens with zero attached hydrogens (tertiary/aromatic N) is 3. The number of aryl methyl sites for hydroxylation is 1. The third-order valence-electron chi connectivity index (χ3n) is 3.00. The number of thioether (sulfide) groups is 1. The number of aromatic nitrogens is 3. The molecule has 1 aromatic heterocycles. The lowest BCUT2D eigenvalue weighted by Crippen LogP contribution is -2.06. The number of rotatable bonds is 4. The third kappa shape index (κ3) is 2.49. The Morgan fingerprint density at radius 3 is 3.10 bits per heavy atom. The summed E-state index contributed by atoms with van der Waals surface area (Å²) >= 11 is 1.15. The summed E-state index contributed by atoms with van der Waals surface area (Å²) in [5.74, 6) is 0.558. The first-order chi connectivity index (χ1) is 9.63. The zero-order valence-electron chi connectivity index (χ0n) is 10.8. The molecular weight excluding hydrogens is 278 g/mol. The van der Waals surface area contributed by atoms with Crippen LogP contribution in [0.15, 0.2) is 29.4 Å². The first kappa shape index (κ1) is 13.0. The van der Waals surface area contributed by atoms with E-state index in [4.69, 9.17) is 9.84 Å². The van der Waals surface area contributed by atoms with Gasteiger partial charge in [-0.15, -0.1) is 0 Å². The number of benzene rings is 1. The van der Waals surface area contributed by atoms with Crippen molar-refractivity contribution in [1.82, 2.24) is 14.8 Å². The fourth-order valence-corrected chi connectivity index (χ4v) is 2.74. The van der Waals surface area contributed by atoms with Crippen LogP contribution in [-0.4, -0.2) is 31.6 Å². The van der Waals surface area contributed by atoms with Crippen molar-refractivity contribution in [1.29, 1.82) is 0 Å². The Bertz CT molecular complexity index is 631. The minimum atomic E-state index is -0.871. The van der Waals surface area contributed by atoms with E-state index in [1.54, 1.807) is 11.7 Å². The van der Waals surface area contributed by atoms with Crippen molar-refractivity contribution in [2.24, 2.45) is 7.05 Å². The zero-order chi connectivity index (χ0) is 14.1. The van der Waals surface area contributed by atoms with Crippen LogP contribution >= 0.6 is 11.8 Å². The summed E-state index contributed by atoms with van der Waals surface area (Å²) in [6.45, 7) is 0. The van der Waals surface area contributed by atoms with Crippen LogP contribution in [0.2, 0.25) is 0 Å². The lowest BCUT2D eigenvalue weighted by atomic mass is 10.1. The molecule has 0 saturated heterocycles. The SMILES string of the molecule is Cn1nc(C2Cc3ccccc3O2)nc1SCC(=O)O. The molecule has 3 rings (SSSR count). The second-order valence-corrected chi connectivity index (χ2v) is 5.42. The molecule has 1 atom stereocenters. The Kier molecular flexibility index (Phi) is 3.35. The predicted octanol–water partition coefficient (Wildman–Crippen LogP) is 1.67. The van der Waals surface area contributed by atoms with Crippen molar-refractivity contribution in [2.45, 2.75) is 17.7 Å². The molecule has 20 heavy (non-hydrogen) atoms. The molecule has 104 valence electrons. The van der Waals surface area contributed by atoms with Crippen LogP contribution in [0, 0.1) is 0 Å². The minimum absolute atomic E-state index is 0.0300. The van der Waals surface area contributed by atoms with Crippen molar-refractivity contribution in [3.8, 4) is 5.75 Å². The summed E-state index contributed by atoms with van der Waals surface area (Å²) < 4.78 is 7.42. The van der Waals surface area contributed by atoms with Gasteiger partial charge in [0.2, 0.25) is 0 Å². The monoisotopic (exact) mass is 291 g/mol. The average molecular weight is 291 g/mol. The molecule has 1 unspecified atom stereocenters. The maximum atomic E-state index is 10.6. The highest BCUT2D eigenvalue weighted by Crippen LogP contribution is 2.35. The largest absolute Gasteiger partial charge is 0.482 e. The number of hydrogen-bond acceptors (Lipinski definition) is 5. The molecule has 1 aliphatic heterocycles. The van der Waals surface area contributed by atoms with Gasteiger partial charge in [0.25, 0.3) is 0 Å². The van der Waals surface area contributed by atoms with Crippen molar-refractivity contribution < 1.29 is 14.6 Å². The van der Waals surface area contributed by atoms with E-state index >= 15 is 0 Å². The van der Waals surface area contributed by atoms with Crippen LogP contribution in [-0.2, 0) is 18.3 Å². The number of para-hydroxylation sites is 1. The van der Waals surface area contributed by atoms with E-state index in [2.05, 4.69) is 10.1 Å². The molecule has 0 fully saturated rings. The Morgan fingerprint density at radius 2 is 2.35 bits per heavy atom. The molecule has 0 bridgehead atoms. The second-order valence-electron chi connectivity index (χ2n) is 4.48. The summed E-state index contributed by atoms with van der Waals surface area (Å²) in [5, 5.41) is 13.6. The van der Waals surface area contributed by atoms with Gasteiger partial charge in [0.1, 0.15) is 5.75 Å². The van der Waals surface area contributed by atoms with Gasteiger partial charge in [-0.2, -0.15) is 5.10 Å². The van der Waals surface area contributed by atoms with Gasteiger partial charge in [-0.3, -0.25) is 4.79 Å². The van der Waals surface area contributed by atoms with Crippen LogP contribution in [0.3, 0.4) is 0 Å². The predicted molar refractivity (Wildman–Crippen MR) is 72.9 cm³/mol. The van der Waals surface area contributed by atoms with E-state index < -0.39 is 5.97 Å². The molecule has 0 amide bonds. The molecule has 0 radical (unpaired) electrons. The van der Waals surface area contributed by atoms with Gasteiger partial charge in [-0.1, -0.05) is 30.0 Å². The van der Waals surface area contributed by atoms with Crippen molar-refractivity contribution in [3.63, 3.8) is 0 Å². The number of carboxylic acids is 1. The molecule has 0 aliphatic carbocycles. The summed E-state index contributed by atoms with van der Waals surface area (Å²) in [6, 6.07) is 7.86. The third-order valence-corrected chi connectivity index (χ3v) is 4.00. The molecule has 2 aromatic rings. The highest BCUT2D eigenvalue weighted by molar-refractivity contribution is 7.99. The molecule has 7 heteroatoms. The number of aliphatic carboxylic acids is 1. The lowest BCUT2D eigenvalue weighted by Gasteiger charge is -2.05. The molecular formula is C13H13N3O3S. The first-order valence-corrected chi connectivity index (χ1v) is 7.12.